The topological polar surface area (TPSA) is 40.5 Å². The van der Waals surface area contributed by atoms with Crippen molar-refractivity contribution < 1.29 is 9.90 Å². The van der Waals surface area contributed by atoms with Crippen molar-refractivity contribution in [2.45, 2.75) is 6.54 Å². The Labute approximate surface area is 121 Å². The van der Waals surface area contributed by atoms with E-state index >= 15 is 0 Å². The Bertz CT molecular complexity index is 541. The zero-order valence-corrected chi connectivity index (χ0v) is 11.8. The van der Waals surface area contributed by atoms with Crippen molar-refractivity contribution in [3.05, 3.63) is 57.2 Å². The zero-order valence-electron chi connectivity index (χ0n) is 10.3. The van der Waals surface area contributed by atoms with Gasteiger partial charge in [-0.1, -0.05) is 41.9 Å². The molecule has 2 rings (SSSR count). The molecule has 0 fully saturated rings. The molecule has 0 atom stereocenters. The van der Waals surface area contributed by atoms with Gasteiger partial charge >= 0.3 is 0 Å². The van der Waals surface area contributed by atoms with Crippen LogP contribution < -0.4 is 0 Å². The average Bonchev–Trinajstić information content (AvgIpc) is 2.85. The molecular formula is C14H14ClNO2S. The van der Waals surface area contributed by atoms with E-state index in [4.69, 9.17) is 16.7 Å². The number of hydrogen-bond acceptors (Lipinski definition) is 3. The molecule has 100 valence electrons. The Morgan fingerprint density at radius 3 is 2.53 bits per heavy atom. The van der Waals surface area contributed by atoms with Crippen LogP contribution in [0.4, 0.5) is 0 Å². The quantitative estimate of drug-likeness (QED) is 0.921. The molecule has 0 aliphatic rings. The first kappa shape index (κ1) is 14.1. The molecule has 1 aromatic heterocycles. The summed E-state index contributed by atoms with van der Waals surface area (Å²) < 4.78 is 0.590. The highest BCUT2D eigenvalue weighted by Crippen LogP contribution is 2.23. The number of aliphatic hydroxyl groups is 1. The van der Waals surface area contributed by atoms with E-state index in [9.17, 15) is 4.79 Å². The van der Waals surface area contributed by atoms with Gasteiger partial charge in [-0.2, -0.15) is 0 Å². The molecule has 0 saturated carbocycles. The van der Waals surface area contributed by atoms with Crippen molar-refractivity contribution in [3.8, 4) is 0 Å². The van der Waals surface area contributed by atoms with E-state index in [1.807, 2.05) is 30.3 Å². The summed E-state index contributed by atoms with van der Waals surface area (Å²) >= 11 is 7.10. The Morgan fingerprint density at radius 2 is 1.95 bits per heavy atom. The summed E-state index contributed by atoms with van der Waals surface area (Å²) in [6, 6.07) is 13.1. The van der Waals surface area contributed by atoms with Gasteiger partial charge in [0, 0.05) is 13.1 Å². The van der Waals surface area contributed by atoms with Gasteiger partial charge in [-0.05, 0) is 17.7 Å². The molecule has 1 N–H and O–H groups in total. The van der Waals surface area contributed by atoms with Crippen LogP contribution in [0.2, 0.25) is 4.34 Å². The number of aliphatic hydroxyl groups excluding tert-OH is 1. The highest BCUT2D eigenvalue weighted by Gasteiger charge is 2.17. The third-order valence-corrected chi connectivity index (χ3v) is 3.88. The van der Waals surface area contributed by atoms with Crippen molar-refractivity contribution in [1.29, 1.82) is 0 Å². The van der Waals surface area contributed by atoms with Gasteiger partial charge in [-0.25, -0.2) is 0 Å². The van der Waals surface area contributed by atoms with Crippen LogP contribution in [-0.4, -0.2) is 29.1 Å². The van der Waals surface area contributed by atoms with Gasteiger partial charge < -0.3 is 10.0 Å². The van der Waals surface area contributed by atoms with Crippen molar-refractivity contribution in [3.63, 3.8) is 0 Å². The summed E-state index contributed by atoms with van der Waals surface area (Å²) in [4.78, 5) is 14.5. The van der Waals surface area contributed by atoms with Gasteiger partial charge in [0.15, 0.2) is 0 Å². The first-order valence-electron chi connectivity index (χ1n) is 5.90. The number of halogens is 1. The molecule has 3 nitrogen and oxygen atoms in total. The van der Waals surface area contributed by atoms with Crippen LogP contribution in [0.5, 0.6) is 0 Å². The second-order valence-corrected chi connectivity index (χ2v) is 5.75. The average molecular weight is 296 g/mol. The highest BCUT2D eigenvalue weighted by molar-refractivity contribution is 7.17. The van der Waals surface area contributed by atoms with Crippen LogP contribution in [0, 0.1) is 0 Å². The smallest absolute Gasteiger partial charge is 0.264 e. The third kappa shape index (κ3) is 3.80. The first-order valence-corrected chi connectivity index (χ1v) is 7.09. The van der Waals surface area contributed by atoms with Crippen molar-refractivity contribution >= 4 is 28.8 Å². The lowest BCUT2D eigenvalue weighted by molar-refractivity contribution is 0.0712. The fraction of sp³-hybridized carbons (Fsp3) is 0.214. The second kappa shape index (κ2) is 6.70. The van der Waals surface area contributed by atoms with E-state index in [0.29, 0.717) is 22.3 Å². The van der Waals surface area contributed by atoms with Gasteiger partial charge in [-0.15, -0.1) is 11.3 Å². The van der Waals surface area contributed by atoms with Crippen molar-refractivity contribution in [2.75, 3.05) is 13.2 Å². The van der Waals surface area contributed by atoms with Crippen LogP contribution in [0.3, 0.4) is 0 Å². The molecule has 1 aromatic carbocycles. The summed E-state index contributed by atoms with van der Waals surface area (Å²) in [5.74, 6) is -0.102. The van der Waals surface area contributed by atoms with Crippen molar-refractivity contribution in [1.82, 2.24) is 4.90 Å². The van der Waals surface area contributed by atoms with Gasteiger partial charge in [-0.3, -0.25) is 4.79 Å². The Morgan fingerprint density at radius 1 is 1.21 bits per heavy atom. The van der Waals surface area contributed by atoms with Crippen LogP contribution in [-0.2, 0) is 6.54 Å². The normalized spacial score (nSPS) is 10.4. The molecule has 2 aromatic rings. The largest absolute Gasteiger partial charge is 0.395 e. The van der Waals surface area contributed by atoms with Crippen LogP contribution in [0.15, 0.2) is 42.5 Å². The highest BCUT2D eigenvalue weighted by atomic mass is 35.5. The zero-order chi connectivity index (χ0) is 13.7. The van der Waals surface area contributed by atoms with E-state index in [0.717, 1.165) is 5.56 Å². The molecule has 1 amide bonds. The number of nitrogens with zero attached hydrogens (tertiary/aromatic N) is 1. The minimum atomic E-state index is -0.102. The lowest BCUT2D eigenvalue weighted by atomic mass is 10.2. The van der Waals surface area contributed by atoms with E-state index < -0.39 is 0 Å². The molecule has 0 spiro atoms. The van der Waals surface area contributed by atoms with Crippen LogP contribution >= 0.6 is 22.9 Å². The number of thiophene rings is 1. The van der Waals surface area contributed by atoms with Crippen molar-refractivity contribution in [2.24, 2.45) is 0 Å². The summed E-state index contributed by atoms with van der Waals surface area (Å²) in [5, 5.41) is 9.10. The van der Waals surface area contributed by atoms with E-state index in [2.05, 4.69) is 0 Å². The molecule has 0 unspecified atom stereocenters. The molecule has 0 bridgehead atoms. The summed E-state index contributed by atoms with van der Waals surface area (Å²) in [5.41, 5.74) is 1.03. The summed E-state index contributed by atoms with van der Waals surface area (Å²) in [6.07, 6.45) is 0. The Balaban J connectivity index is 2.13. The standard InChI is InChI=1S/C14H14ClNO2S/c15-13-7-6-12(19-13)14(18)16(8-9-17)10-11-4-2-1-3-5-11/h1-7,17H,8-10H2. The Hall–Kier alpha value is -1.36. The maximum atomic E-state index is 12.3. The summed E-state index contributed by atoms with van der Waals surface area (Å²) in [7, 11) is 0. The maximum absolute atomic E-state index is 12.3. The summed E-state index contributed by atoms with van der Waals surface area (Å²) in [6.45, 7) is 0.733. The number of carbonyl (C=O) groups is 1. The molecule has 19 heavy (non-hydrogen) atoms. The third-order valence-electron chi connectivity index (χ3n) is 2.66. The lowest BCUT2D eigenvalue weighted by Crippen LogP contribution is -2.32. The number of benzene rings is 1. The molecule has 5 heteroatoms. The molecular weight excluding hydrogens is 282 g/mol. The monoisotopic (exact) mass is 295 g/mol. The number of rotatable bonds is 5. The predicted octanol–water partition coefficient (Wildman–Crippen LogP) is 3.04. The van der Waals surface area contributed by atoms with E-state index in [-0.39, 0.29) is 12.5 Å². The predicted molar refractivity (Wildman–Crippen MR) is 77.6 cm³/mol. The second-order valence-electron chi connectivity index (χ2n) is 4.04. The molecule has 0 aliphatic carbocycles. The van der Waals surface area contributed by atoms with Gasteiger partial charge in [0.1, 0.15) is 0 Å². The van der Waals surface area contributed by atoms with Crippen LogP contribution in [0.25, 0.3) is 0 Å². The van der Waals surface area contributed by atoms with E-state index in [1.165, 1.54) is 11.3 Å². The minimum Gasteiger partial charge on any atom is -0.395 e. The Kier molecular flexibility index (Phi) is 4.96. The number of hydrogen-bond donors (Lipinski definition) is 1. The van der Waals surface area contributed by atoms with Crippen LogP contribution in [0.1, 0.15) is 15.2 Å². The van der Waals surface area contributed by atoms with Gasteiger partial charge in [0.05, 0.1) is 15.8 Å². The maximum Gasteiger partial charge on any atom is 0.264 e. The number of amides is 1. The lowest BCUT2D eigenvalue weighted by Gasteiger charge is -2.21. The fourth-order valence-corrected chi connectivity index (χ4v) is 2.77. The SMILES string of the molecule is O=C(c1ccc(Cl)s1)N(CCO)Cc1ccccc1. The molecule has 1 heterocycles. The molecule has 0 aliphatic heterocycles. The minimum absolute atomic E-state index is 0.0579. The number of carbonyl (C=O) groups excluding carboxylic acids is 1. The first-order chi connectivity index (χ1) is 9.20. The van der Waals surface area contributed by atoms with Gasteiger partial charge in [0.25, 0.3) is 5.91 Å². The fourth-order valence-electron chi connectivity index (χ4n) is 1.76. The van der Waals surface area contributed by atoms with Gasteiger partial charge in [0.2, 0.25) is 0 Å². The van der Waals surface area contributed by atoms with E-state index in [1.54, 1.807) is 17.0 Å². The molecule has 0 saturated heterocycles. The molecule has 0 radical (unpaired) electrons.